The first-order valence-electron chi connectivity index (χ1n) is 3.56. The van der Waals surface area contributed by atoms with Crippen LogP contribution < -0.4 is 0 Å². The molecule has 0 fully saturated rings. The van der Waals surface area contributed by atoms with Crippen molar-refractivity contribution in [3.8, 4) is 0 Å². The molecule has 0 spiro atoms. The molecule has 1 aliphatic carbocycles. The van der Waals surface area contributed by atoms with Gasteiger partial charge in [0.25, 0.3) is 0 Å². The molecule has 1 heteroatoms. The van der Waals surface area contributed by atoms with Gasteiger partial charge in [0.1, 0.15) is 0 Å². The molecular weight excluding hydrogens is 171 g/mol. The average molecular weight is 185 g/mol. The summed E-state index contributed by atoms with van der Waals surface area (Å²) >= 11 is 0. The molecule has 0 saturated carbocycles. The van der Waals surface area contributed by atoms with Gasteiger partial charge in [-0.25, -0.2) is 0 Å². The summed E-state index contributed by atoms with van der Waals surface area (Å²) in [7, 11) is 0. The third kappa shape index (κ3) is 12.9. The standard InChI is InChI=1S/C6H8.C4H6.V/c1-2-4-6-5-3-1;1-3-4-2;/h1-4H,5-6H2;1,3H,2,4H2;/q;-2;+2. The third-order valence-electron chi connectivity index (χ3n) is 1.05. The van der Waals surface area contributed by atoms with E-state index in [1.54, 1.807) is 0 Å². The van der Waals surface area contributed by atoms with E-state index in [1.165, 1.54) is 18.9 Å². The molecule has 0 heterocycles. The van der Waals surface area contributed by atoms with Crippen molar-refractivity contribution in [3.05, 3.63) is 43.9 Å². The van der Waals surface area contributed by atoms with Gasteiger partial charge < -0.3 is 19.6 Å². The first-order valence-corrected chi connectivity index (χ1v) is 3.56. The van der Waals surface area contributed by atoms with E-state index in [0.29, 0.717) is 0 Å². The molecule has 0 aromatic heterocycles. The largest absolute Gasteiger partial charge is 2.00 e. The molecule has 11 heavy (non-hydrogen) atoms. The van der Waals surface area contributed by atoms with Crippen molar-refractivity contribution >= 4 is 0 Å². The Bertz CT molecular complexity index is 111. The molecular formula is C10H14V. The maximum atomic E-state index is 4.84. The fourth-order valence-corrected chi connectivity index (χ4v) is 0.542. The monoisotopic (exact) mass is 185 g/mol. The summed E-state index contributed by atoms with van der Waals surface area (Å²) in [5.74, 6) is 0. The molecule has 0 amide bonds. The Morgan fingerprint density at radius 2 is 1.64 bits per heavy atom. The molecule has 0 unspecified atom stereocenters. The molecule has 0 saturated heterocycles. The van der Waals surface area contributed by atoms with Crippen LogP contribution in [0.1, 0.15) is 19.3 Å². The minimum atomic E-state index is 0. The van der Waals surface area contributed by atoms with E-state index in [-0.39, 0.29) is 18.6 Å². The van der Waals surface area contributed by atoms with Gasteiger partial charge in [0.2, 0.25) is 0 Å². The normalized spacial score (nSPS) is 12.5. The van der Waals surface area contributed by atoms with Crippen molar-refractivity contribution in [1.29, 1.82) is 0 Å². The van der Waals surface area contributed by atoms with Crippen LogP contribution in [-0.4, -0.2) is 0 Å². The predicted octanol–water partition coefficient (Wildman–Crippen LogP) is 3.09. The zero-order valence-corrected chi connectivity index (χ0v) is 8.14. The summed E-state index contributed by atoms with van der Waals surface area (Å²) in [5.41, 5.74) is 0. The van der Waals surface area contributed by atoms with Crippen molar-refractivity contribution in [1.82, 2.24) is 0 Å². The van der Waals surface area contributed by atoms with Gasteiger partial charge in [-0.15, -0.1) is 0 Å². The van der Waals surface area contributed by atoms with Crippen LogP contribution in [0.25, 0.3) is 0 Å². The van der Waals surface area contributed by atoms with Gasteiger partial charge in [0.05, 0.1) is 0 Å². The maximum absolute atomic E-state index is 4.84. The molecule has 0 aromatic carbocycles. The van der Waals surface area contributed by atoms with Crippen LogP contribution in [0.2, 0.25) is 0 Å². The Kier molecular flexibility index (Phi) is 15.2. The second-order valence-corrected chi connectivity index (χ2v) is 1.96. The Labute approximate surface area is 82.0 Å². The number of hydrogen-bond acceptors (Lipinski definition) is 0. The van der Waals surface area contributed by atoms with Crippen molar-refractivity contribution in [2.24, 2.45) is 0 Å². The van der Waals surface area contributed by atoms with Crippen LogP contribution in [0.3, 0.4) is 0 Å². The summed E-state index contributed by atoms with van der Waals surface area (Å²) in [6, 6.07) is 0. The van der Waals surface area contributed by atoms with Gasteiger partial charge in [-0.3, -0.25) is 0 Å². The molecule has 0 atom stereocenters. The Balaban J connectivity index is 0. The number of hydrogen-bond donors (Lipinski definition) is 0. The molecule has 59 valence electrons. The zero-order chi connectivity index (χ0) is 7.66. The van der Waals surface area contributed by atoms with E-state index in [9.17, 15) is 0 Å². The van der Waals surface area contributed by atoms with E-state index >= 15 is 0 Å². The fourth-order valence-electron chi connectivity index (χ4n) is 0.542. The molecule has 0 aliphatic heterocycles. The predicted molar refractivity (Wildman–Crippen MR) is 46.4 cm³/mol. The van der Waals surface area contributed by atoms with Crippen LogP contribution in [0.15, 0.2) is 30.4 Å². The molecule has 1 aliphatic rings. The minimum Gasteiger partial charge on any atom is -0.520 e. The zero-order valence-electron chi connectivity index (χ0n) is 6.74. The van der Waals surface area contributed by atoms with Gasteiger partial charge in [0, 0.05) is 0 Å². The maximum Gasteiger partial charge on any atom is 2.00 e. The SMILES string of the molecule is C1=CCCC=C1.[CH-]=CC[CH2-].[V+2]. The van der Waals surface area contributed by atoms with E-state index in [2.05, 4.69) is 31.2 Å². The smallest absolute Gasteiger partial charge is 0.520 e. The van der Waals surface area contributed by atoms with Crippen LogP contribution >= 0.6 is 0 Å². The summed E-state index contributed by atoms with van der Waals surface area (Å²) in [4.78, 5) is 0. The molecule has 0 bridgehead atoms. The minimum absolute atomic E-state index is 0. The fraction of sp³-hybridized carbons (Fsp3) is 0.300. The number of rotatable bonds is 1. The van der Waals surface area contributed by atoms with Crippen molar-refractivity contribution in [3.63, 3.8) is 0 Å². The average Bonchev–Trinajstić information content (AvgIpc) is 2.08. The first-order chi connectivity index (χ1) is 4.91. The van der Waals surface area contributed by atoms with Crippen molar-refractivity contribution < 1.29 is 18.6 Å². The summed E-state index contributed by atoms with van der Waals surface area (Å²) in [5, 5.41) is 0. The Hall–Kier alpha value is -0.196. The first kappa shape index (κ1) is 13.4. The van der Waals surface area contributed by atoms with Crippen LogP contribution in [-0.2, 0) is 18.6 Å². The Morgan fingerprint density at radius 1 is 1.27 bits per heavy atom. The molecule has 1 rings (SSSR count). The molecule has 0 nitrogen and oxygen atoms in total. The van der Waals surface area contributed by atoms with Crippen LogP contribution in [0, 0.1) is 13.5 Å². The van der Waals surface area contributed by atoms with Gasteiger partial charge >= 0.3 is 18.6 Å². The van der Waals surface area contributed by atoms with E-state index in [1.807, 2.05) is 0 Å². The third-order valence-corrected chi connectivity index (χ3v) is 1.05. The van der Waals surface area contributed by atoms with E-state index in [0.717, 1.165) is 6.42 Å². The van der Waals surface area contributed by atoms with Gasteiger partial charge in [-0.05, 0) is 12.8 Å². The summed E-state index contributed by atoms with van der Waals surface area (Å²) in [6.07, 6.45) is 13.2. The Morgan fingerprint density at radius 3 is 1.73 bits per heavy atom. The summed E-state index contributed by atoms with van der Waals surface area (Å²) < 4.78 is 0. The van der Waals surface area contributed by atoms with Crippen LogP contribution in [0.5, 0.6) is 0 Å². The molecule has 0 aromatic rings. The van der Waals surface area contributed by atoms with Crippen molar-refractivity contribution in [2.45, 2.75) is 19.3 Å². The van der Waals surface area contributed by atoms with Gasteiger partial charge in [0.15, 0.2) is 0 Å². The topological polar surface area (TPSA) is 0 Å². The van der Waals surface area contributed by atoms with E-state index in [4.69, 9.17) is 6.58 Å². The summed E-state index contributed by atoms with van der Waals surface area (Å²) in [6.45, 7) is 8.26. The second-order valence-electron chi connectivity index (χ2n) is 1.96. The van der Waals surface area contributed by atoms with Gasteiger partial charge in [-0.1, -0.05) is 24.3 Å². The second kappa shape index (κ2) is 12.5. The van der Waals surface area contributed by atoms with Crippen LogP contribution in [0.4, 0.5) is 0 Å². The number of allylic oxidation sites excluding steroid dienone is 5. The molecule has 1 radical (unpaired) electrons. The van der Waals surface area contributed by atoms with Crippen molar-refractivity contribution in [2.75, 3.05) is 0 Å². The quantitative estimate of drug-likeness (QED) is 0.550. The molecule has 0 N–H and O–H groups in total. The van der Waals surface area contributed by atoms with E-state index < -0.39 is 0 Å². The van der Waals surface area contributed by atoms with Gasteiger partial charge in [-0.2, -0.15) is 6.42 Å².